The molecule has 0 spiro atoms. The molecule has 0 radical (unpaired) electrons. The van der Waals surface area contributed by atoms with Crippen molar-refractivity contribution in [3.63, 3.8) is 0 Å². The molecule has 1 aromatic heterocycles. The number of hydrogen-bond acceptors (Lipinski definition) is 4. The van der Waals surface area contributed by atoms with Crippen LogP contribution in [-0.2, 0) is 6.42 Å². The summed E-state index contributed by atoms with van der Waals surface area (Å²) in [5, 5.41) is 18.8. The molecule has 0 amide bonds. The van der Waals surface area contributed by atoms with E-state index < -0.39 is 0 Å². The monoisotopic (exact) mass is 303 g/mol. The molecule has 3 aromatic rings. The molecule has 0 unspecified atom stereocenters. The summed E-state index contributed by atoms with van der Waals surface area (Å²) in [5.74, 6) is 0. The van der Waals surface area contributed by atoms with E-state index in [1.165, 1.54) is 11.1 Å². The van der Waals surface area contributed by atoms with E-state index in [9.17, 15) is 0 Å². The Balaban J connectivity index is 1.81. The lowest BCUT2D eigenvalue weighted by Gasteiger charge is -2.25. The smallest absolute Gasteiger partial charge is 0.139 e. The topological polar surface area (TPSA) is 57.7 Å². The Morgan fingerprint density at radius 3 is 2.26 bits per heavy atom. The zero-order valence-corrected chi connectivity index (χ0v) is 12.9. The highest BCUT2D eigenvalue weighted by Gasteiger charge is 2.09. The fraction of sp³-hybridized carbons (Fsp3) is 0.167. The van der Waals surface area contributed by atoms with Crippen molar-refractivity contribution in [3.8, 4) is 6.07 Å². The van der Waals surface area contributed by atoms with Gasteiger partial charge in [-0.25, -0.2) is 4.68 Å². The lowest BCUT2D eigenvalue weighted by atomic mass is 10.1. The summed E-state index contributed by atoms with van der Waals surface area (Å²) in [6.45, 7) is 2.87. The van der Waals surface area contributed by atoms with Crippen LogP contribution in [0.15, 0.2) is 61.2 Å². The predicted octanol–water partition coefficient (Wildman–Crippen LogP) is 2.97. The first-order valence-corrected chi connectivity index (χ1v) is 7.44. The summed E-state index contributed by atoms with van der Waals surface area (Å²) in [6.07, 6.45) is 4.25. The van der Waals surface area contributed by atoms with Crippen molar-refractivity contribution in [2.75, 3.05) is 11.6 Å². The number of aryl methyl sites for hydroxylation is 1. The van der Waals surface area contributed by atoms with Crippen LogP contribution in [0.3, 0.4) is 0 Å². The van der Waals surface area contributed by atoms with Gasteiger partial charge in [0.1, 0.15) is 12.7 Å². The molecular weight excluding hydrogens is 286 g/mol. The maximum atomic E-state index is 8.94. The van der Waals surface area contributed by atoms with E-state index in [0.29, 0.717) is 5.56 Å². The molecular formula is C18H17N5. The fourth-order valence-corrected chi connectivity index (χ4v) is 2.40. The van der Waals surface area contributed by atoms with Gasteiger partial charge in [0.2, 0.25) is 0 Å². The normalized spacial score (nSPS) is 10.3. The number of anilines is 1. The Kier molecular flexibility index (Phi) is 4.34. The first kappa shape index (κ1) is 14.8. The number of benzene rings is 2. The number of rotatable bonds is 5. The minimum Gasteiger partial charge on any atom is -0.279 e. The second-order valence-electron chi connectivity index (χ2n) is 5.36. The SMILES string of the molecule is Cc1ccc(CCN(c2ccc(C#N)cc2)n2cnnc2)cc1. The second-order valence-corrected chi connectivity index (χ2v) is 5.36. The van der Waals surface area contributed by atoms with E-state index in [1.807, 2.05) is 28.9 Å². The van der Waals surface area contributed by atoms with Crippen molar-refractivity contribution in [2.45, 2.75) is 13.3 Å². The average molecular weight is 303 g/mol. The molecule has 1 heterocycles. The lowest BCUT2D eigenvalue weighted by Crippen LogP contribution is -2.30. The summed E-state index contributed by atoms with van der Waals surface area (Å²) in [5.41, 5.74) is 4.19. The van der Waals surface area contributed by atoms with Crippen LogP contribution in [0.25, 0.3) is 0 Å². The van der Waals surface area contributed by atoms with Gasteiger partial charge in [0.05, 0.1) is 17.3 Å². The van der Waals surface area contributed by atoms with Gasteiger partial charge >= 0.3 is 0 Å². The maximum Gasteiger partial charge on any atom is 0.139 e. The van der Waals surface area contributed by atoms with Gasteiger partial charge in [-0.1, -0.05) is 29.8 Å². The minimum atomic E-state index is 0.649. The quantitative estimate of drug-likeness (QED) is 0.727. The molecule has 2 aromatic carbocycles. The van der Waals surface area contributed by atoms with Crippen LogP contribution in [-0.4, -0.2) is 21.4 Å². The van der Waals surface area contributed by atoms with Crippen LogP contribution in [0.1, 0.15) is 16.7 Å². The van der Waals surface area contributed by atoms with Gasteiger partial charge in [-0.15, -0.1) is 10.2 Å². The summed E-state index contributed by atoms with van der Waals surface area (Å²) in [4.78, 5) is 0. The van der Waals surface area contributed by atoms with Crippen LogP contribution >= 0.6 is 0 Å². The lowest BCUT2D eigenvalue weighted by molar-refractivity contribution is 0.681. The number of nitriles is 1. The second kappa shape index (κ2) is 6.75. The Labute approximate surface area is 135 Å². The number of hydrogen-bond donors (Lipinski definition) is 0. The van der Waals surface area contributed by atoms with Crippen molar-refractivity contribution in [2.24, 2.45) is 0 Å². The first-order valence-electron chi connectivity index (χ1n) is 7.44. The van der Waals surface area contributed by atoms with Crippen LogP contribution in [0.2, 0.25) is 0 Å². The van der Waals surface area contributed by atoms with Crippen molar-refractivity contribution >= 4 is 5.69 Å². The molecule has 114 valence electrons. The van der Waals surface area contributed by atoms with E-state index >= 15 is 0 Å². The number of aromatic nitrogens is 3. The third-order valence-corrected chi connectivity index (χ3v) is 3.71. The standard InChI is InChI=1S/C18H17N5/c1-15-2-4-16(5-3-15)10-11-23(22-13-20-21-14-22)18-8-6-17(12-19)7-9-18/h2-9,13-14H,10-11H2,1H3. The first-order chi connectivity index (χ1) is 11.3. The van der Waals surface area contributed by atoms with Crippen LogP contribution in [0.4, 0.5) is 5.69 Å². The molecule has 0 N–H and O–H groups in total. The molecule has 0 saturated carbocycles. The highest BCUT2D eigenvalue weighted by molar-refractivity contribution is 5.49. The van der Waals surface area contributed by atoms with E-state index in [2.05, 4.69) is 52.5 Å². The average Bonchev–Trinajstić information content (AvgIpc) is 3.12. The summed E-state index contributed by atoms with van der Waals surface area (Å²) in [6, 6.07) is 18.2. The molecule has 23 heavy (non-hydrogen) atoms. The van der Waals surface area contributed by atoms with E-state index in [-0.39, 0.29) is 0 Å². The van der Waals surface area contributed by atoms with Gasteiger partial charge in [0, 0.05) is 6.54 Å². The highest BCUT2D eigenvalue weighted by atomic mass is 15.6. The Morgan fingerprint density at radius 1 is 1.00 bits per heavy atom. The highest BCUT2D eigenvalue weighted by Crippen LogP contribution is 2.17. The molecule has 0 bridgehead atoms. The van der Waals surface area contributed by atoms with Gasteiger partial charge in [-0.05, 0) is 43.2 Å². The van der Waals surface area contributed by atoms with E-state index in [1.54, 1.807) is 12.7 Å². The molecule has 0 atom stereocenters. The summed E-state index contributed by atoms with van der Waals surface area (Å²) in [7, 11) is 0. The fourth-order valence-electron chi connectivity index (χ4n) is 2.40. The molecule has 3 rings (SSSR count). The zero-order chi connectivity index (χ0) is 16.1. The summed E-state index contributed by atoms with van der Waals surface area (Å²) < 4.78 is 1.86. The summed E-state index contributed by atoms with van der Waals surface area (Å²) >= 11 is 0. The molecule has 0 aliphatic rings. The third kappa shape index (κ3) is 3.55. The van der Waals surface area contributed by atoms with E-state index in [0.717, 1.165) is 18.7 Å². The molecule has 0 aliphatic heterocycles. The zero-order valence-electron chi connectivity index (χ0n) is 12.9. The molecule has 5 nitrogen and oxygen atoms in total. The van der Waals surface area contributed by atoms with Crippen molar-refractivity contribution in [3.05, 3.63) is 77.9 Å². The third-order valence-electron chi connectivity index (χ3n) is 3.71. The van der Waals surface area contributed by atoms with Gasteiger partial charge < -0.3 is 0 Å². The van der Waals surface area contributed by atoms with Crippen molar-refractivity contribution in [1.29, 1.82) is 5.26 Å². The van der Waals surface area contributed by atoms with Crippen LogP contribution in [0, 0.1) is 18.3 Å². The van der Waals surface area contributed by atoms with Gasteiger partial charge in [-0.2, -0.15) is 5.26 Å². The van der Waals surface area contributed by atoms with Gasteiger partial charge in [-0.3, -0.25) is 5.01 Å². The molecule has 0 fully saturated rings. The maximum absolute atomic E-state index is 8.94. The van der Waals surface area contributed by atoms with Gasteiger partial charge in [0.15, 0.2) is 0 Å². The molecule has 5 heteroatoms. The van der Waals surface area contributed by atoms with Crippen molar-refractivity contribution in [1.82, 2.24) is 14.9 Å². The molecule has 0 aliphatic carbocycles. The van der Waals surface area contributed by atoms with Crippen LogP contribution in [0.5, 0.6) is 0 Å². The minimum absolute atomic E-state index is 0.649. The number of nitrogens with zero attached hydrogens (tertiary/aromatic N) is 5. The Morgan fingerprint density at radius 2 is 1.65 bits per heavy atom. The molecule has 0 saturated heterocycles. The Hall–Kier alpha value is -3.13. The van der Waals surface area contributed by atoms with Crippen LogP contribution < -0.4 is 5.01 Å². The predicted molar refractivity (Wildman–Crippen MR) is 88.8 cm³/mol. The van der Waals surface area contributed by atoms with Gasteiger partial charge in [0.25, 0.3) is 0 Å². The largest absolute Gasteiger partial charge is 0.279 e. The van der Waals surface area contributed by atoms with Crippen molar-refractivity contribution < 1.29 is 0 Å². The van der Waals surface area contributed by atoms with E-state index in [4.69, 9.17) is 5.26 Å². The Bertz CT molecular complexity index is 783.